The number of pyridine rings is 1. The Labute approximate surface area is 210 Å². The number of carbonyl (C=O) groups is 2. The second-order valence-electron chi connectivity index (χ2n) is 8.61. The summed E-state index contributed by atoms with van der Waals surface area (Å²) in [4.78, 5) is 34.5. The Bertz CT molecular complexity index is 1110. The molecule has 0 aliphatic heterocycles. The van der Waals surface area contributed by atoms with E-state index in [2.05, 4.69) is 10.3 Å². The van der Waals surface area contributed by atoms with Crippen molar-refractivity contribution in [3.63, 3.8) is 0 Å². The van der Waals surface area contributed by atoms with Crippen LogP contribution >= 0.6 is 11.3 Å². The van der Waals surface area contributed by atoms with Gasteiger partial charge in [-0.2, -0.15) is 0 Å². The third-order valence-corrected chi connectivity index (χ3v) is 7.17. The number of benzene rings is 1. The monoisotopic (exact) mass is 493 g/mol. The summed E-state index contributed by atoms with van der Waals surface area (Å²) in [5.74, 6) is 0.594. The second kappa shape index (κ2) is 11.8. The average Bonchev–Trinajstić information content (AvgIpc) is 3.58. The molecule has 0 bridgehead atoms. The molecule has 0 spiro atoms. The first-order valence-corrected chi connectivity index (χ1v) is 12.7. The molecular formula is C27H31N3O4S. The number of rotatable bonds is 10. The second-order valence-corrected chi connectivity index (χ2v) is 9.65. The van der Waals surface area contributed by atoms with Crippen molar-refractivity contribution in [1.29, 1.82) is 0 Å². The van der Waals surface area contributed by atoms with E-state index < -0.39 is 6.04 Å². The van der Waals surface area contributed by atoms with Crippen molar-refractivity contribution in [3.8, 4) is 11.5 Å². The highest BCUT2D eigenvalue weighted by Gasteiger charge is 2.36. The zero-order valence-corrected chi connectivity index (χ0v) is 20.9. The van der Waals surface area contributed by atoms with Gasteiger partial charge in [0.1, 0.15) is 6.04 Å². The first-order valence-electron chi connectivity index (χ1n) is 11.8. The molecule has 8 heteroatoms. The van der Waals surface area contributed by atoms with E-state index >= 15 is 0 Å². The number of nitrogens with zero attached hydrogens (tertiary/aromatic N) is 2. The van der Waals surface area contributed by atoms with Crippen molar-refractivity contribution in [3.05, 3.63) is 76.2 Å². The number of carbonyl (C=O) groups excluding carboxylic acids is 2. The van der Waals surface area contributed by atoms with Gasteiger partial charge in [0.25, 0.3) is 0 Å². The average molecular weight is 494 g/mol. The summed E-state index contributed by atoms with van der Waals surface area (Å²) in [6.45, 7) is 0.237. The van der Waals surface area contributed by atoms with E-state index in [1.807, 2.05) is 41.8 Å². The summed E-state index contributed by atoms with van der Waals surface area (Å²) in [7, 11) is 3.11. The largest absolute Gasteiger partial charge is 0.493 e. The quantitative estimate of drug-likeness (QED) is 0.449. The SMILES string of the molecule is COc1cccc(C(C(=O)NC2CCCC2)N(Cc2cccnc2)C(=O)Cc2cccs2)c1OC. The highest BCUT2D eigenvalue weighted by Crippen LogP contribution is 2.38. The zero-order chi connectivity index (χ0) is 24.6. The molecule has 7 nitrogen and oxygen atoms in total. The molecule has 3 aromatic rings. The molecule has 1 fully saturated rings. The molecule has 2 amide bonds. The van der Waals surface area contributed by atoms with E-state index in [0.717, 1.165) is 36.1 Å². The van der Waals surface area contributed by atoms with Crippen molar-refractivity contribution < 1.29 is 19.1 Å². The predicted molar refractivity (Wildman–Crippen MR) is 135 cm³/mol. The van der Waals surface area contributed by atoms with Crippen LogP contribution in [0.15, 0.2) is 60.2 Å². The maximum absolute atomic E-state index is 13.9. The number of nitrogens with one attached hydrogen (secondary N) is 1. The van der Waals surface area contributed by atoms with E-state index in [9.17, 15) is 9.59 Å². The third kappa shape index (κ3) is 6.00. The molecule has 2 aromatic heterocycles. The van der Waals surface area contributed by atoms with Crippen LogP contribution in [-0.4, -0.2) is 42.0 Å². The molecule has 1 N–H and O–H groups in total. The van der Waals surface area contributed by atoms with Crippen LogP contribution in [0, 0.1) is 0 Å². The Kier molecular flexibility index (Phi) is 8.36. The first kappa shape index (κ1) is 24.7. The van der Waals surface area contributed by atoms with E-state index in [1.165, 1.54) is 11.3 Å². The van der Waals surface area contributed by atoms with Crippen LogP contribution in [0.5, 0.6) is 11.5 Å². The topological polar surface area (TPSA) is 80.8 Å². The smallest absolute Gasteiger partial charge is 0.247 e. The fraction of sp³-hybridized carbons (Fsp3) is 0.370. The molecule has 1 aliphatic carbocycles. The number of hydrogen-bond acceptors (Lipinski definition) is 6. The molecule has 184 valence electrons. The van der Waals surface area contributed by atoms with E-state index in [4.69, 9.17) is 9.47 Å². The first-order chi connectivity index (χ1) is 17.1. The fourth-order valence-electron chi connectivity index (χ4n) is 4.60. The summed E-state index contributed by atoms with van der Waals surface area (Å²) in [5, 5.41) is 5.15. The van der Waals surface area contributed by atoms with Crippen molar-refractivity contribution in [2.24, 2.45) is 0 Å². The third-order valence-electron chi connectivity index (χ3n) is 6.29. The molecule has 1 atom stereocenters. The van der Waals surface area contributed by atoms with Gasteiger partial charge < -0.3 is 19.7 Å². The van der Waals surface area contributed by atoms with Gasteiger partial charge in [-0.1, -0.05) is 37.1 Å². The molecule has 0 saturated heterocycles. The molecule has 35 heavy (non-hydrogen) atoms. The maximum Gasteiger partial charge on any atom is 0.247 e. The van der Waals surface area contributed by atoms with E-state index in [1.54, 1.807) is 37.6 Å². The summed E-state index contributed by atoms with van der Waals surface area (Å²) in [6, 6.07) is 12.2. The van der Waals surface area contributed by atoms with Gasteiger partial charge in [0.05, 0.1) is 20.6 Å². The van der Waals surface area contributed by atoms with E-state index in [-0.39, 0.29) is 30.8 Å². The van der Waals surface area contributed by atoms with Crippen LogP contribution in [0.1, 0.15) is 47.7 Å². The minimum atomic E-state index is -0.895. The van der Waals surface area contributed by atoms with Crippen LogP contribution in [-0.2, 0) is 22.6 Å². The Morgan fingerprint density at radius 3 is 2.60 bits per heavy atom. The van der Waals surface area contributed by atoms with Crippen LogP contribution in [0.4, 0.5) is 0 Å². The van der Waals surface area contributed by atoms with E-state index in [0.29, 0.717) is 17.1 Å². The number of amides is 2. The molecule has 4 rings (SSSR count). The zero-order valence-electron chi connectivity index (χ0n) is 20.1. The molecule has 1 unspecified atom stereocenters. The Hall–Kier alpha value is -3.39. The van der Waals surface area contributed by atoms with Crippen LogP contribution in [0.25, 0.3) is 0 Å². The highest BCUT2D eigenvalue weighted by atomic mass is 32.1. The van der Waals surface area contributed by atoms with Crippen molar-refractivity contribution in [2.45, 2.75) is 50.7 Å². The molecule has 1 aromatic carbocycles. The van der Waals surface area contributed by atoms with Crippen LogP contribution < -0.4 is 14.8 Å². The summed E-state index contributed by atoms with van der Waals surface area (Å²) < 4.78 is 11.2. The van der Waals surface area contributed by atoms with Gasteiger partial charge in [-0.3, -0.25) is 14.6 Å². The normalized spacial score (nSPS) is 14.3. The molecule has 2 heterocycles. The number of methoxy groups -OCH3 is 2. The number of hydrogen-bond donors (Lipinski definition) is 1. The molecule has 1 saturated carbocycles. The predicted octanol–water partition coefficient (Wildman–Crippen LogP) is 4.53. The molecule has 0 radical (unpaired) electrons. The van der Waals surface area contributed by atoms with Gasteiger partial charge in [0.15, 0.2) is 11.5 Å². The Balaban J connectivity index is 1.78. The minimum absolute atomic E-state index is 0.106. The van der Waals surface area contributed by atoms with Crippen molar-refractivity contribution >= 4 is 23.2 Å². The lowest BCUT2D eigenvalue weighted by Gasteiger charge is -2.33. The Morgan fingerprint density at radius 2 is 1.94 bits per heavy atom. The number of thiophene rings is 1. The maximum atomic E-state index is 13.9. The molecular weight excluding hydrogens is 462 g/mol. The van der Waals surface area contributed by atoms with Gasteiger partial charge in [-0.05, 0) is 42.0 Å². The van der Waals surface area contributed by atoms with Gasteiger partial charge in [-0.25, -0.2) is 0 Å². The standard InChI is InChI=1S/C27H31N3O4S/c1-33-23-13-5-12-22(26(23)34-2)25(27(32)29-20-9-3-4-10-20)30(18-19-8-6-14-28-17-19)24(31)16-21-11-7-15-35-21/h5-8,11-15,17,20,25H,3-4,9-10,16,18H2,1-2H3,(H,29,32). The lowest BCUT2D eigenvalue weighted by atomic mass is 10.00. The van der Waals surface area contributed by atoms with Crippen LogP contribution in [0.2, 0.25) is 0 Å². The Morgan fingerprint density at radius 1 is 1.11 bits per heavy atom. The fourth-order valence-corrected chi connectivity index (χ4v) is 5.30. The van der Waals surface area contributed by atoms with Crippen LogP contribution in [0.3, 0.4) is 0 Å². The summed E-state index contributed by atoms with van der Waals surface area (Å²) >= 11 is 1.53. The van der Waals surface area contributed by atoms with Gasteiger partial charge in [0.2, 0.25) is 11.8 Å². The minimum Gasteiger partial charge on any atom is -0.493 e. The highest BCUT2D eigenvalue weighted by molar-refractivity contribution is 7.10. The van der Waals surface area contributed by atoms with Gasteiger partial charge in [0, 0.05) is 35.4 Å². The lowest BCUT2D eigenvalue weighted by molar-refractivity contribution is -0.141. The number of aromatic nitrogens is 1. The summed E-state index contributed by atoms with van der Waals surface area (Å²) in [6.07, 6.45) is 7.69. The van der Waals surface area contributed by atoms with Gasteiger partial charge in [-0.15, -0.1) is 11.3 Å². The lowest BCUT2D eigenvalue weighted by Crippen LogP contribution is -2.46. The van der Waals surface area contributed by atoms with Gasteiger partial charge >= 0.3 is 0 Å². The van der Waals surface area contributed by atoms with Crippen molar-refractivity contribution in [1.82, 2.24) is 15.2 Å². The number of para-hydroxylation sites is 1. The van der Waals surface area contributed by atoms with Crippen molar-refractivity contribution in [2.75, 3.05) is 14.2 Å². The summed E-state index contributed by atoms with van der Waals surface area (Å²) in [5.41, 5.74) is 1.43. The number of ether oxygens (including phenoxy) is 2. The molecule has 1 aliphatic rings.